The Balaban J connectivity index is 2.31. The molecule has 1 saturated heterocycles. The maximum atomic E-state index is 13.0. The minimum Gasteiger partial charge on any atom is -0.394 e. The van der Waals surface area contributed by atoms with Gasteiger partial charge in [-0.05, 0) is 44.9 Å². The highest BCUT2D eigenvalue weighted by atomic mass is 16.7. The Morgan fingerprint density at radius 1 is 0.532 bits per heavy atom. The molecule has 1 aliphatic heterocycles. The lowest BCUT2D eigenvalue weighted by atomic mass is 9.99. The van der Waals surface area contributed by atoms with Gasteiger partial charge < -0.3 is 40.3 Å². The molecule has 0 saturated carbocycles. The molecule has 1 rings (SSSR count). The van der Waals surface area contributed by atoms with Gasteiger partial charge in [-0.3, -0.25) is 4.79 Å². The quantitative estimate of drug-likeness (QED) is 0.0262. The summed E-state index contributed by atoms with van der Waals surface area (Å²) in [6.45, 7) is 3.77. The Morgan fingerprint density at radius 3 is 1.35 bits per heavy atom. The summed E-state index contributed by atoms with van der Waals surface area (Å²) >= 11 is 0. The lowest BCUT2D eigenvalue weighted by Gasteiger charge is -2.40. The van der Waals surface area contributed by atoms with Gasteiger partial charge in [0.1, 0.15) is 24.4 Å². The highest BCUT2D eigenvalue weighted by Gasteiger charge is 2.44. The minimum atomic E-state index is -1.57. The van der Waals surface area contributed by atoms with Crippen LogP contribution in [0.1, 0.15) is 239 Å². The van der Waals surface area contributed by atoms with Crippen molar-refractivity contribution >= 4 is 5.91 Å². The van der Waals surface area contributed by atoms with Crippen molar-refractivity contribution in [3.8, 4) is 0 Å². The first kappa shape index (κ1) is 58.4. The van der Waals surface area contributed by atoms with Gasteiger partial charge in [-0.25, -0.2) is 0 Å². The number of nitrogens with one attached hydrogen (secondary N) is 1. The molecule has 0 aromatic rings. The lowest BCUT2D eigenvalue weighted by Crippen LogP contribution is -2.60. The van der Waals surface area contributed by atoms with Crippen LogP contribution in [0.25, 0.3) is 0 Å². The largest absolute Gasteiger partial charge is 0.394 e. The summed E-state index contributed by atoms with van der Waals surface area (Å²) in [5, 5.41) is 54.3. The minimum absolute atomic E-state index is 0.189. The van der Waals surface area contributed by atoms with Crippen molar-refractivity contribution in [1.82, 2.24) is 5.32 Å². The highest BCUT2D eigenvalue weighted by molar-refractivity contribution is 5.76. The summed E-state index contributed by atoms with van der Waals surface area (Å²) in [5.74, 6) is -0.189. The molecule has 0 spiro atoms. The first-order valence-electron chi connectivity index (χ1n) is 26.2. The van der Waals surface area contributed by atoms with E-state index in [0.717, 1.165) is 44.9 Å². The van der Waals surface area contributed by atoms with Crippen LogP contribution in [0.5, 0.6) is 0 Å². The maximum Gasteiger partial charge on any atom is 0.220 e. The van der Waals surface area contributed by atoms with Gasteiger partial charge in [0.05, 0.1) is 25.4 Å². The Hall–Kier alpha value is -1.59. The second-order valence-electron chi connectivity index (χ2n) is 18.3. The Kier molecular flexibility index (Phi) is 40.8. The van der Waals surface area contributed by atoms with Crippen LogP contribution >= 0.6 is 0 Å². The number of hydrogen-bond acceptors (Lipinski definition) is 8. The van der Waals surface area contributed by atoms with E-state index in [2.05, 4.69) is 43.5 Å². The fourth-order valence-electron chi connectivity index (χ4n) is 8.25. The third-order valence-electron chi connectivity index (χ3n) is 12.4. The zero-order chi connectivity index (χ0) is 45.1. The number of aliphatic hydroxyl groups is 5. The molecule has 0 bridgehead atoms. The van der Waals surface area contributed by atoms with Crippen molar-refractivity contribution in [3.63, 3.8) is 0 Å². The van der Waals surface area contributed by atoms with E-state index in [0.29, 0.717) is 6.42 Å². The molecule has 7 unspecified atom stereocenters. The first-order chi connectivity index (χ1) is 30.3. The van der Waals surface area contributed by atoms with Crippen LogP contribution in [0.3, 0.4) is 0 Å². The third-order valence-corrected chi connectivity index (χ3v) is 12.4. The van der Waals surface area contributed by atoms with Gasteiger partial charge in [-0.1, -0.05) is 224 Å². The van der Waals surface area contributed by atoms with E-state index in [4.69, 9.17) is 9.47 Å². The summed E-state index contributed by atoms with van der Waals surface area (Å²) in [6.07, 6.45) is 47.7. The van der Waals surface area contributed by atoms with Gasteiger partial charge in [0.15, 0.2) is 6.29 Å². The standard InChI is InChI=1S/C53H99NO8/c1-3-5-7-9-11-13-15-17-19-20-21-22-23-24-25-26-27-29-30-32-34-36-38-40-42-47(56)46(45-61-53-52(60)51(59)50(58)48(44-55)62-53)54-49(57)43-41-39-37-35-33-31-28-18-16-14-12-10-8-6-4-2/h26-27,32,34,40,42,46-48,50-53,55-56,58-60H,3-25,28-31,33,35-39,41,43-45H2,1-2H3,(H,54,57)/b27-26+,34-32+,42-40+. The number of aliphatic hydroxyl groups excluding tert-OH is 5. The number of unbranched alkanes of at least 4 members (excludes halogenated alkanes) is 30. The van der Waals surface area contributed by atoms with E-state index in [1.807, 2.05) is 6.08 Å². The molecular weight excluding hydrogens is 779 g/mol. The molecule has 1 aliphatic rings. The van der Waals surface area contributed by atoms with Gasteiger partial charge in [-0.15, -0.1) is 0 Å². The van der Waals surface area contributed by atoms with Crippen LogP contribution in [-0.4, -0.2) is 87.5 Å². The monoisotopic (exact) mass is 878 g/mol. The van der Waals surface area contributed by atoms with E-state index in [1.54, 1.807) is 6.08 Å². The first-order valence-corrected chi connectivity index (χ1v) is 26.2. The Morgan fingerprint density at radius 2 is 0.919 bits per heavy atom. The normalized spacial score (nSPS) is 20.5. The maximum absolute atomic E-state index is 13.0. The van der Waals surface area contributed by atoms with Gasteiger partial charge in [-0.2, -0.15) is 0 Å². The predicted octanol–water partition coefficient (Wildman–Crippen LogP) is 12.0. The smallest absolute Gasteiger partial charge is 0.220 e. The second-order valence-corrected chi connectivity index (χ2v) is 18.3. The number of amides is 1. The number of ether oxygens (including phenoxy) is 2. The molecule has 364 valence electrons. The number of hydrogen-bond donors (Lipinski definition) is 6. The molecule has 9 heteroatoms. The van der Waals surface area contributed by atoms with Crippen molar-refractivity contribution in [2.45, 2.75) is 281 Å². The molecule has 1 fully saturated rings. The van der Waals surface area contributed by atoms with E-state index in [-0.39, 0.29) is 12.5 Å². The van der Waals surface area contributed by atoms with Crippen molar-refractivity contribution in [2.24, 2.45) is 0 Å². The van der Waals surface area contributed by atoms with E-state index in [1.165, 1.54) is 173 Å². The summed E-state index contributed by atoms with van der Waals surface area (Å²) in [4.78, 5) is 13.0. The molecule has 1 heterocycles. The van der Waals surface area contributed by atoms with Gasteiger partial charge in [0, 0.05) is 6.42 Å². The topological polar surface area (TPSA) is 149 Å². The fraction of sp³-hybridized carbons (Fsp3) is 0.868. The summed E-state index contributed by atoms with van der Waals surface area (Å²) < 4.78 is 11.2. The summed E-state index contributed by atoms with van der Waals surface area (Å²) in [7, 11) is 0. The van der Waals surface area contributed by atoms with E-state index >= 15 is 0 Å². The number of rotatable bonds is 44. The molecule has 6 N–H and O–H groups in total. The predicted molar refractivity (Wildman–Crippen MR) is 258 cm³/mol. The molecule has 62 heavy (non-hydrogen) atoms. The summed E-state index contributed by atoms with van der Waals surface area (Å²) in [5.41, 5.74) is 0. The van der Waals surface area contributed by atoms with Crippen molar-refractivity contribution < 1.29 is 39.8 Å². The van der Waals surface area contributed by atoms with Crippen LogP contribution in [0.4, 0.5) is 0 Å². The van der Waals surface area contributed by atoms with Crippen molar-refractivity contribution in [1.29, 1.82) is 0 Å². The number of carbonyl (C=O) groups excluding carboxylic acids is 1. The molecule has 9 nitrogen and oxygen atoms in total. The second kappa shape index (κ2) is 43.3. The van der Waals surface area contributed by atoms with Crippen LogP contribution in [0.2, 0.25) is 0 Å². The molecule has 7 atom stereocenters. The van der Waals surface area contributed by atoms with Crippen LogP contribution < -0.4 is 5.32 Å². The fourth-order valence-corrected chi connectivity index (χ4v) is 8.25. The van der Waals surface area contributed by atoms with Crippen LogP contribution in [-0.2, 0) is 14.3 Å². The molecule has 0 aliphatic carbocycles. The third kappa shape index (κ3) is 33.0. The van der Waals surface area contributed by atoms with Gasteiger partial charge in [0.25, 0.3) is 0 Å². The van der Waals surface area contributed by atoms with Crippen LogP contribution in [0, 0.1) is 0 Å². The average Bonchev–Trinajstić information content (AvgIpc) is 3.27. The Labute approximate surface area is 381 Å². The molecule has 0 aromatic heterocycles. The number of allylic oxidation sites excluding steroid dienone is 5. The summed E-state index contributed by atoms with van der Waals surface area (Å²) in [6, 6.07) is -0.825. The Bertz CT molecular complexity index is 1070. The highest BCUT2D eigenvalue weighted by Crippen LogP contribution is 2.23. The number of carbonyl (C=O) groups is 1. The lowest BCUT2D eigenvalue weighted by molar-refractivity contribution is -0.302. The van der Waals surface area contributed by atoms with E-state index < -0.39 is 49.5 Å². The van der Waals surface area contributed by atoms with Gasteiger partial charge >= 0.3 is 0 Å². The molecular formula is C53H99NO8. The van der Waals surface area contributed by atoms with Crippen LogP contribution in [0.15, 0.2) is 36.5 Å². The zero-order valence-corrected chi connectivity index (χ0v) is 40.1. The van der Waals surface area contributed by atoms with E-state index in [9.17, 15) is 30.3 Å². The molecule has 1 amide bonds. The molecule has 0 aromatic carbocycles. The molecule has 0 radical (unpaired) electrons. The van der Waals surface area contributed by atoms with Crippen molar-refractivity contribution in [2.75, 3.05) is 13.2 Å². The SMILES string of the molecule is CCCCCCCCCCCCCCCC/C=C/CC/C=C/CC/C=C/C(O)C(COC1OC(CO)C(O)C(O)C1O)NC(=O)CCCCCCCCCCCCCCCCC. The zero-order valence-electron chi connectivity index (χ0n) is 40.1. The van der Waals surface area contributed by atoms with Crippen molar-refractivity contribution in [3.05, 3.63) is 36.5 Å². The van der Waals surface area contributed by atoms with Gasteiger partial charge in [0.2, 0.25) is 5.91 Å². The average molecular weight is 878 g/mol.